The molecule has 2 aromatic heterocycles. The van der Waals surface area contributed by atoms with Crippen LogP contribution in [0.3, 0.4) is 0 Å². The largest absolute Gasteiger partial charge is 0.396 e. The second kappa shape index (κ2) is 6.11. The molecule has 108 valence electrons. The lowest BCUT2D eigenvalue weighted by Gasteiger charge is -2.16. The topological polar surface area (TPSA) is 65.1 Å². The minimum atomic E-state index is -0.160. The van der Waals surface area contributed by atoms with E-state index in [-0.39, 0.29) is 18.6 Å². The molecule has 0 aliphatic rings. The number of aromatic amines is 1. The first-order chi connectivity index (χ1) is 10.3. The zero-order chi connectivity index (χ0) is 14.7. The van der Waals surface area contributed by atoms with Gasteiger partial charge in [0, 0.05) is 23.1 Å². The van der Waals surface area contributed by atoms with Gasteiger partial charge in [-0.2, -0.15) is 0 Å². The third-order valence-electron chi connectivity index (χ3n) is 3.44. The van der Waals surface area contributed by atoms with Crippen LogP contribution in [0.5, 0.6) is 0 Å². The van der Waals surface area contributed by atoms with Crippen molar-refractivity contribution in [3.63, 3.8) is 0 Å². The first kappa shape index (κ1) is 13.9. The molecule has 0 bridgehead atoms. The van der Waals surface area contributed by atoms with Crippen molar-refractivity contribution in [2.24, 2.45) is 0 Å². The Morgan fingerprint density at radius 2 is 2.19 bits per heavy atom. The number of thiophene rings is 1. The normalized spacial score (nSPS) is 12.4. The predicted octanol–water partition coefficient (Wildman–Crippen LogP) is 3.08. The highest BCUT2D eigenvalue weighted by Crippen LogP contribution is 2.23. The van der Waals surface area contributed by atoms with Crippen molar-refractivity contribution in [1.82, 2.24) is 10.3 Å². The fourth-order valence-electron chi connectivity index (χ4n) is 2.41. The van der Waals surface area contributed by atoms with E-state index in [0.717, 1.165) is 15.8 Å². The van der Waals surface area contributed by atoms with Crippen molar-refractivity contribution in [3.8, 4) is 0 Å². The maximum Gasteiger partial charge on any atom is 0.253 e. The molecule has 0 saturated heterocycles. The Labute approximate surface area is 126 Å². The second-order valence-electron chi connectivity index (χ2n) is 4.80. The molecular weight excluding hydrogens is 284 g/mol. The van der Waals surface area contributed by atoms with Crippen LogP contribution < -0.4 is 5.32 Å². The average molecular weight is 300 g/mol. The summed E-state index contributed by atoms with van der Waals surface area (Å²) in [6.45, 7) is 0.0373. The van der Waals surface area contributed by atoms with Gasteiger partial charge >= 0.3 is 0 Å². The van der Waals surface area contributed by atoms with Crippen molar-refractivity contribution < 1.29 is 9.90 Å². The summed E-state index contributed by atoms with van der Waals surface area (Å²) < 4.78 is 0. The SMILES string of the molecule is O=C(N[C@H](CCO)c1cccs1)c1cccc2cc[nH]c12. The zero-order valence-corrected chi connectivity index (χ0v) is 12.2. The van der Waals surface area contributed by atoms with Crippen LogP contribution in [0.4, 0.5) is 0 Å². The van der Waals surface area contributed by atoms with Crippen molar-refractivity contribution in [2.75, 3.05) is 6.61 Å². The molecule has 0 radical (unpaired) electrons. The van der Waals surface area contributed by atoms with E-state index in [9.17, 15) is 9.90 Å². The molecule has 1 amide bonds. The lowest BCUT2D eigenvalue weighted by Crippen LogP contribution is -2.28. The number of H-pyrrole nitrogens is 1. The molecule has 5 heteroatoms. The number of rotatable bonds is 5. The van der Waals surface area contributed by atoms with Gasteiger partial charge in [0.2, 0.25) is 0 Å². The first-order valence-corrected chi connectivity index (χ1v) is 7.69. The summed E-state index contributed by atoms with van der Waals surface area (Å²) >= 11 is 1.58. The maximum atomic E-state index is 12.5. The van der Waals surface area contributed by atoms with Crippen LogP contribution in [0.15, 0.2) is 48.0 Å². The molecule has 0 spiro atoms. The Kier molecular flexibility index (Phi) is 4.03. The van der Waals surface area contributed by atoms with Crippen LogP contribution in [0.1, 0.15) is 27.7 Å². The highest BCUT2D eigenvalue weighted by molar-refractivity contribution is 7.10. The average Bonchev–Trinajstić information content (AvgIpc) is 3.17. The summed E-state index contributed by atoms with van der Waals surface area (Å²) in [5.74, 6) is -0.130. The summed E-state index contributed by atoms with van der Waals surface area (Å²) in [4.78, 5) is 16.7. The van der Waals surface area contributed by atoms with Crippen LogP contribution in [0.25, 0.3) is 10.9 Å². The van der Waals surface area contributed by atoms with Gasteiger partial charge in [-0.15, -0.1) is 11.3 Å². The van der Waals surface area contributed by atoms with Crippen molar-refractivity contribution in [3.05, 3.63) is 58.4 Å². The lowest BCUT2D eigenvalue weighted by molar-refractivity contribution is 0.0932. The number of carbonyl (C=O) groups excluding carboxylic acids is 1. The Hall–Kier alpha value is -2.11. The minimum absolute atomic E-state index is 0.0373. The number of carbonyl (C=O) groups is 1. The van der Waals surface area contributed by atoms with E-state index in [0.29, 0.717) is 12.0 Å². The Bertz CT molecular complexity index is 734. The first-order valence-electron chi connectivity index (χ1n) is 6.81. The number of aromatic nitrogens is 1. The second-order valence-corrected chi connectivity index (χ2v) is 5.78. The van der Waals surface area contributed by atoms with Gasteiger partial charge in [0.05, 0.1) is 17.1 Å². The monoisotopic (exact) mass is 300 g/mol. The number of amides is 1. The number of aliphatic hydroxyl groups excluding tert-OH is 1. The van der Waals surface area contributed by atoms with Crippen molar-refractivity contribution in [1.29, 1.82) is 0 Å². The molecule has 1 atom stereocenters. The number of aliphatic hydroxyl groups is 1. The van der Waals surface area contributed by atoms with Gasteiger partial charge in [-0.3, -0.25) is 4.79 Å². The van der Waals surface area contributed by atoms with Crippen LogP contribution in [0, 0.1) is 0 Å². The molecule has 3 rings (SSSR count). The summed E-state index contributed by atoms with van der Waals surface area (Å²) in [6, 6.07) is 11.3. The number of nitrogens with one attached hydrogen (secondary N) is 2. The third kappa shape index (κ3) is 2.84. The molecule has 4 nitrogen and oxygen atoms in total. The predicted molar refractivity (Wildman–Crippen MR) is 84.5 cm³/mol. The quantitative estimate of drug-likeness (QED) is 0.678. The third-order valence-corrected chi connectivity index (χ3v) is 4.43. The minimum Gasteiger partial charge on any atom is -0.396 e. The highest BCUT2D eigenvalue weighted by Gasteiger charge is 2.18. The van der Waals surface area contributed by atoms with Crippen LogP contribution in [-0.2, 0) is 0 Å². The van der Waals surface area contributed by atoms with E-state index in [1.165, 1.54) is 0 Å². The molecule has 1 aromatic carbocycles. The van der Waals surface area contributed by atoms with Gasteiger partial charge in [0.25, 0.3) is 5.91 Å². The van der Waals surface area contributed by atoms with E-state index < -0.39 is 0 Å². The van der Waals surface area contributed by atoms with Gasteiger partial charge in [0.15, 0.2) is 0 Å². The van der Waals surface area contributed by atoms with Gasteiger partial charge in [-0.05, 0) is 30.0 Å². The summed E-state index contributed by atoms with van der Waals surface area (Å²) in [7, 11) is 0. The van der Waals surface area contributed by atoms with Gasteiger partial charge < -0.3 is 15.4 Å². The molecule has 2 heterocycles. The van der Waals surface area contributed by atoms with Gasteiger partial charge in [0.1, 0.15) is 0 Å². The highest BCUT2D eigenvalue weighted by atomic mass is 32.1. The van der Waals surface area contributed by atoms with E-state index in [2.05, 4.69) is 10.3 Å². The summed E-state index contributed by atoms with van der Waals surface area (Å²) in [5.41, 5.74) is 1.46. The Morgan fingerprint density at radius 3 is 2.95 bits per heavy atom. The molecule has 0 aliphatic carbocycles. The molecule has 3 aromatic rings. The number of hydrogen-bond donors (Lipinski definition) is 3. The zero-order valence-electron chi connectivity index (χ0n) is 11.4. The fraction of sp³-hybridized carbons (Fsp3) is 0.188. The van der Waals surface area contributed by atoms with E-state index in [1.54, 1.807) is 17.4 Å². The molecule has 0 aliphatic heterocycles. The maximum absolute atomic E-state index is 12.5. The van der Waals surface area contributed by atoms with Crippen molar-refractivity contribution >= 4 is 28.1 Å². The number of fused-ring (bicyclic) bond motifs is 1. The van der Waals surface area contributed by atoms with Gasteiger partial charge in [-0.1, -0.05) is 18.2 Å². The number of benzene rings is 1. The molecule has 0 saturated carbocycles. The molecular formula is C16H16N2O2S. The van der Waals surface area contributed by atoms with E-state index in [4.69, 9.17) is 0 Å². The summed E-state index contributed by atoms with van der Waals surface area (Å²) in [6.07, 6.45) is 2.33. The van der Waals surface area contributed by atoms with Crippen LogP contribution >= 0.6 is 11.3 Å². The number of hydrogen-bond acceptors (Lipinski definition) is 3. The smallest absolute Gasteiger partial charge is 0.253 e. The van der Waals surface area contributed by atoms with E-state index >= 15 is 0 Å². The molecule has 0 fully saturated rings. The summed E-state index contributed by atoms with van der Waals surface area (Å²) in [5, 5.41) is 15.2. The Balaban J connectivity index is 1.86. The molecule has 0 unspecified atom stereocenters. The number of para-hydroxylation sites is 1. The van der Waals surface area contributed by atoms with Crippen LogP contribution in [-0.4, -0.2) is 22.6 Å². The lowest BCUT2D eigenvalue weighted by atomic mass is 10.1. The van der Waals surface area contributed by atoms with E-state index in [1.807, 2.05) is 41.9 Å². The van der Waals surface area contributed by atoms with Gasteiger partial charge in [-0.25, -0.2) is 0 Å². The standard InChI is InChI=1S/C16H16N2O2S/c19-9-7-13(14-5-2-10-21-14)18-16(20)12-4-1-3-11-6-8-17-15(11)12/h1-6,8,10,13,17,19H,7,9H2,(H,18,20)/t13-/m1/s1. The van der Waals surface area contributed by atoms with Crippen LogP contribution in [0.2, 0.25) is 0 Å². The fourth-order valence-corrected chi connectivity index (χ4v) is 3.23. The molecule has 3 N–H and O–H groups in total. The molecule has 21 heavy (non-hydrogen) atoms. The van der Waals surface area contributed by atoms with Crippen molar-refractivity contribution in [2.45, 2.75) is 12.5 Å². The Morgan fingerprint density at radius 1 is 1.29 bits per heavy atom.